The fourth-order valence-electron chi connectivity index (χ4n) is 4.34. The van der Waals surface area contributed by atoms with Gasteiger partial charge in [0.15, 0.2) is 11.6 Å². The number of rotatable bonds is 8. The van der Waals surface area contributed by atoms with Crippen LogP contribution in [0, 0.1) is 11.7 Å². The van der Waals surface area contributed by atoms with Crippen LogP contribution in [-0.2, 0) is 23.9 Å². The van der Waals surface area contributed by atoms with Gasteiger partial charge in [-0.2, -0.15) is 23.3 Å². The van der Waals surface area contributed by atoms with E-state index in [1.165, 1.54) is 6.07 Å². The molecular weight excluding hydrogens is 500 g/mol. The third kappa shape index (κ3) is 6.63. The molecule has 1 atom stereocenters. The normalized spacial score (nSPS) is 16.4. The molecular formula is C27H30F4N6O. The summed E-state index contributed by atoms with van der Waals surface area (Å²) in [5.41, 5.74) is 2.17. The SMILES string of the molecule is CCc1cc(Nc2cccc(C(F)(F)F)c2)ccc1CN=Nc1ncc(F)c(N2CCOCC2C(C)C)n1. The van der Waals surface area contributed by atoms with Crippen molar-refractivity contribution in [3.63, 3.8) is 0 Å². The third-order valence-electron chi connectivity index (χ3n) is 6.39. The number of hydrogen-bond acceptors (Lipinski definition) is 7. The fourth-order valence-corrected chi connectivity index (χ4v) is 4.34. The fraction of sp³-hybridized carbons (Fsp3) is 0.407. The first-order valence-corrected chi connectivity index (χ1v) is 12.5. The number of nitrogens with zero attached hydrogens (tertiary/aromatic N) is 5. The first kappa shape index (κ1) is 27.4. The molecule has 1 aliphatic rings. The predicted octanol–water partition coefficient (Wildman–Crippen LogP) is 7.09. The molecule has 11 heteroatoms. The summed E-state index contributed by atoms with van der Waals surface area (Å²) in [6, 6.07) is 10.6. The van der Waals surface area contributed by atoms with Crippen molar-refractivity contribution < 1.29 is 22.3 Å². The van der Waals surface area contributed by atoms with E-state index < -0.39 is 17.6 Å². The number of ether oxygens (including phenoxy) is 1. The van der Waals surface area contributed by atoms with Crippen LogP contribution in [-0.4, -0.2) is 35.8 Å². The van der Waals surface area contributed by atoms with Crippen LogP contribution in [0.5, 0.6) is 0 Å². The largest absolute Gasteiger partial charge is 0.416 e. The highest BCUT2D eigenvalue weighted by Gasteiger charge is 2.31. The summed E-state index contributed by atoms with van der Waals surface area (Å²) in [5.74, 6) is -0.0200. The summed E-state index contributed by atoms with van der Waals surface area (Å²) < 4.78 is 59.2. The Morgan fingerprint density at radius 1 is 1.13 bits per heavy atom. The lowest BCUT2D eigenvalue weighted by Crippen LogP contribution is -2.49. The molecule has 0 saturated carbocycles. The number of nitrogens with one attached hydrogen (secondary N) is 1. The average molecular weight is 531 g/mol. The van der Waals surface area contributed by atoms with Gasteiger partial charge >= 0.3 is 6.18 Å². The zero-order valence-corrected chi connectivity index (χ0v) is 21.5. The predicted molar refractivity (Wildman–Crippen MR) is 138 cm³/mol. The van der Waals surface area contributed by atoms with Crippen molar-refractivity contribution in [1.29, 1.82) is 0 Å². The minimum absolute atomic E-state index is 0.00638. The van der Waals surface area contributed by atoms with Gasteiger partial charge in [-0.15, -0.1) is 5.11 Å². The van der Waals surface area contributed by atoms with Crippen LogP contribution in [0.3, 0.4) is 0 Å². The summed E-state index contributed by atoms with van der Waals surface area (Å²) in [5, 5.41) is 11.4. The molecule has 0 bridgehead atoms. The van der Waals surface area contributed by atoms with Crippen LogP contribution in [0.15, 0.2) is 58.9 Å². The molecule has 0 aliphatic carbocycles. The number of azo groups is 1. The number of hydrogen-bond donors (Lipinski definition) is 1. The molecule has 2 aromatic carbocycles. The second-order valence-corrected chi connectivity index (χ2v) is 9.36. The highest BCUT2D eigenvalue weighted by Crippen LogP contribution is 2.32. The van der Waals surface area contributed by atoms with E-state index in [0.717, 1.165) is 29.5 Å². The summed E-state index contributed by atoms with van der Waals surface area (Å²) in [6.45, 7) is 7.84. The van der Waals surface area contributed by atoms with Gasteiger partial charge < -0.3 is 15.0 Å². The van der Waals surface area contributed by atoms with Crippen molar-refractivity contribution in [3.8, 4) is 0 Å². The number of benzene rings is 2. The lowest BCUT2D eigenvalue weighted by molar-refractivity contribution is -0.137. The van der Waals surface area contributed by atoms with Crippen LogP contribution in [0.4, 0.5) is 40.7 Å². The lowest BCUT2D eigenvalue weighted by atomic mass is 10.0. The number of aromatic nitrogens is 2. The minimum atomic E-state index is -4.41. The molecule has 4 rings (SSSR count). The van der Waals surface area contributed by atoms with E-state index in [2.05, 4.69) is 39.4 Å². The quantitative estimate of drug-likeness (QED) is 0.249. The molecule has 38 heavy (non-hydrogen) atoms. The van der Waals surface area contributed by atoms with Crippen molar-refractivity contribution >= 4 is 23.1 Å². The smallest absolute Gasteiger partial charge is 0.377 e. The molecule has 7 nitrogen and oxygen atoms in total. The Labute approximate surface area is 219 Å². The van der Waals surface area contributed by atoms with Crippen molar-refractivity contribution in [2.75, 3.05) is 30.0 Å². The molecule has 202 valence electrons. The van der Waals surface area contributed by atoms with Gasteiger partial charge in [-0.3, -0.25) is 0 Å². The van der Waals surface area contributed by atoms with Crippen LogP contribution in [0.2, 0.25) is 0 Å². The number of morpholine rings is 1. The zero-order chi connectivity index (χ0) is 27.3. The molecule has 1 saturated heterocycles. The summed E-state index contributed by atoms with van der Waals surface area (Å²) >= 11 is 0. The van der Waals surface area contributed by atoms with Crippen molar-refractivity contribution in [3.05, 3.63) is 71.2 Å². The number of anilines is 3. The average Bonchev–Trinajstić information content (AvgIpc) is 2.90. The van der Waals surface area contributed by atoms with Gasteiger partial charge in [0.05, 0.1) is 37.6 Å². The van der Waals surface area contributed by atoms with Crippen molar-refractivity contribution in [2.24, 2.45) is 16.1 Å². The number of halogens is 4. The second kappa shape index (κ2) is 11.8. The van der Waals surface area contributed by atoms with Gasteiger partial charge in [0.25, 0.3) is 5.95 Å². The van der Waals surface area contributed by atoms with E-state index in [1.54, 1.807) is 12.1 Å². The van der Waals surface area contributed by atoms with E-state index in [1.807, 2.05) is 24.0 Å². The third-order valence-corrected chi connectivity index (χ3v) is 6.39. The minimum Gasteiger partial charge on any atom is -0.377 e. The zero-order valence-electron chi connectivity index (χ0n) is 21.5. The Hall–Kier alpha value is -3.60. The molecule has 1 aliphatic heterocycles. The summed E-state index contributed by atoms with van der Waals surface area (Å²) in [4.78, 5) is 10.2. The molecule has 1 N–H and O–H groups in total. The van der Waals surface area contributed by atoms with E-state index in [-0.39, 0.29) is 30.3 Å². The van der Waals surface area contributed by atoms with Gasteiger partial charge in [-0.1, -0.05) is 32.9 Å². The van der Waals surface area contributed by atoms with Gasteiger partial charge in [0, 0.05) is 17.9 Å². The maximum Gasteiger partial charge on any atom is 0.416 e. The Kier molecular flexibility index (Phi) is 8.55. The van der Waals surface area contributed by atoms with Gasteiger partial charge in [-0.25, -0.2) is 9.37 Å². The Balaban J connectivity index is 1.47. The second-order valence-electron chi connectivity index (χ2n) is 9.36. The molecule has 1 aromatic heterocycles. The molecule has 0 amide bonds. The van der Waals surface area contributed by atoms with Crippen LogP contribution >= 0.6 is 0 Å². The van der Waals surface area contributed by atoms with E-state index >= 15 is 0 Å². The number of aryl methyl sites for hydroxylation is 1. The summed E-state index contributed by atoms with van der Waals surface area (Å²) in [6.07, 6.45) is -2.61. The van der Waals surface area contributed by atoms with Crippen LogP contribution in [0.25, 0.3) is 0 Å². The van der Waals surface area contributed by atoms with Crippen LogP contribution < -0.4 is 10.2 Å². The Bertz CT molecular complexity index is 1280. The first-order valence-electron chi connectivity index (χ1n) is 12.5. The Morgan fingerprint density at radius 2 is 1.92 bits per heavy atom. The first-order chi connectivity index (χ1) is 18.2. The molecule has 0 radical (unpaired) electrons. The molecule has 1 fully saturated rings. The van der Waals surface area contributed by atoms with E-state index in [4.69, 9.17) is 4.74 Å². The molecule has 0 spiro atoms. The topological polar surface area (TPSA) is 75.0 Å². The molecule has 1 unspecified atom stereocenters. The van der Waals surface area contributed by atoms with Gasteiger partial charge in [0.1, 0.15) is 0 Å². The lowest BCUT2D eigenvalue weighted by Gasteiger charge is -2.38. The van der Waals surface area contributed by atoms with Crippen molar-refractivity contribution in [1.82, 2.24) is 9.97 Å². The highest BCUT2D eigenvalue weighted by atomic mass is 19.4. The van der Waals surface area contributed by atoms with Crippen molar-refractivity contribution in [2.45, 2.75) is 46.0 Å². The van der Waals surface area contributed by atoms with E-state index in [9.17, 15) is 17.6 Å². The standard InChI is InChI=1S/C27H30F4N6O/c1-4-18-12-22(34-21-7-5-6-20(13-21)27(29,30)31)9-8-19(18)14-33-36-26-32-15-23(28)25(35-26)37-10-11-38-16-24(37)17(2)3/h5-9,12-13,15,17,24,34H,4,10-11,14,16H2,1-3H3. The highest BCUT2D eigenvalue weighted by molar-refractivity contribution is 5.62. The van der Waals surface area contributed by atoms with Crippen LogP contribution in [0.1, 0.15) is 37.5 Å². The molecule has 2 heterocycles. The van der Waals surface area contributed by atoms with Gasteiger partial charge in [0.2, 0.25) is 0 Å². The molecule has 3 aromatic rings. The maximum atomic E-state index is 14.6. The summed E-state index contributed by atoms with van der Waals surface area (Å²) in [7, 11) is 0. The monoisotopic (exact) mass is 530 g/mol. The van der Waals surface area contributed by atoms with E-state index in [0.29, 0.717) is 37.6 Å². The maximum absolute atomic E-state index is 14.6. The number of alkyl halides is 3. The van der Waals surface area contributed by atoms with Gasteiger partial charge in [-0.05, 0) is 53.8 Å². The Morgan fingerprint density at radius 3 is 2.66 bits per heavy atom.